The monoisotopic (exact) mass is 341 g/mol. The van der Waals surface area contributed by atoms with E-state index in [9.17, 15) is 4.79 Å². The summed E-state index contributed by atoms with van der Waals surface area (Å²) in [4.78, 5) is 12.2. The van der Waals surface area contributed by atoms with Crippen LogP contribution in [0.3, 0.4) is 0 Å². The fraction of sp³-hybridized carbons (Fsp3) is 0.588. The lowest BCUT2D eigenvalue weighted by Gasteiger charge is -2.38. The van der Waals surface area contributed by atoms with Crippen molar-refractivity contribution < 1.29 is 9.53 Å². The van der Waals surface area contributed by atoms with Gasteiger partial charge in [0.05, 0.1) is 10.0 Å². The maximum Gasteiger partial charge on any atom is 0.411 e. The van der Waals surface area contributed by atoms with Crippen LogP contribution in [-0.2, 0) is 4.74 Å². The number of carbonyl (C=O) groups excluding carboxylic acids is 1. The molecule has 1 amide bonds. The van der Waals surface area contributed by atoms with Gasteiger partial charge in [-0.15, -0.1) is 0 Å². The Labute approximate surface area is 141 Å². The van der Waals surface area contributed by atoms with Crippen LogP contribution in [-0.4, -0.2) is 12.2 Å². The number of carbonyl (C=O) groups is 1. The predicted molar refractivity (Wildman–Crippen MR) is 89.6 cm³/mol. The molecule has 22 heavy (non-hydrogen) atoms. The molecule has 2 bridgehead atoms. The maximum atomic E-state index is 12.2. The van der Waals surface area contributed by atoms with Crippen molar-refractivity contribution in [2.75, 3.05) is 5.32 Å². The molecule has 0 aromatic heterocycles. The summed E-state index contributed by atoms with van der Waals surface area (Å²) in [5.41, 5.74) is 0.876. The van der Waals surface area contributed by atoms with Gasteiger partial charge in [-0.2, -0.15) is 0 Å². The quantitative estimate of drug-likeness (QED) is 0.742. The molecular formula is C17H21Cl2NO2. The Bertz CT molecular complexity index is 617. The Morgan fingerprint density at radius 1 is 1.27 bits per heavy atom. The molecular weight excluding hydrogens is 321 g/mol. The second kappa shape index (κ2) is 5.31. The minimum atomic E-state index is -0.423. The first-order valence-corrected chi connectivity index (χ1v) is 8.42. The van der Waals surface area contributed by atoms with Gasteiger partial charge in [0.1, 0.15) is 6.10 Å². The molecule has 0 heterocycles. The number of anilines is 1. The van der Waals surface area contributed by atoms with Crippen molar-refractivity contribution in [2.24, 2.45) is 16.7 Å². The number of fused-ring (bicyclic) bond motifs is 2. The SMILES string of the molecule is CC1(C)[C@@H]2CC[C@]1(C)[C@H](OC(=O)Nc1ccc(Cl)c(Cl)c1)C2. The van der Waals surface area contributed by atoms with Crippen molar-refractivity contribution >= 4 is 35.0 Å². The first kappa shape index (κ1) is 15.9. The molecule has 3 rings (SSSR count). The first-order valence-electron chi connectivity index (χ1n) is 7.67. The van der Waals surface area contributed by atoms with E-state index in [-0.39, 0.29) is 16.9 Å². The third kappa shape index (κ3) is 2.39. The highest BCUT2D eigenvalue weighted by atomic mass is 35.5. The highest BCUT2D eigenvalue weighted by Crippen LogP contribution is 2.66. The van der Waals surface area contributed by atoms with Gasteiger partial charge in [-0.1, -0.05) is 44.0 Å². The number of hydrogen-bond donors (Lipinski definition) is 1. The van der Waals surface area contributed by atoms with Gasteiger partial charge in [-0.05, 0) is 48.8 Å². The van der Waals surface area contributed by atoms with E-state index in [1.54, 1.807) is 18.2 Å². The lowest BCUT2D eigenvalue weighted by atomic mass is 9.70. The van der Waals surface area contributed by atoms with Gasteiger partial charge in [0.25, 0.3) is 0 Å². The predicted octanol–water partition coefficient (Wildman–Crippen LogP) is 5.76. The summed E-state index contributed by atoms with van der Waals surface area (Å²) in [7, 11) is 0. The lowest BCUT2D eigenvalue weighted by Crippen LogP contribution is -2.39. The Hall–Kier alpha value is -0.930. The van der Waals surface area contributed by atoms with Crippen LogP contribution in [0.5, 0.6) is 0 Å². The lowest BCUT2D eigenvalue weighted by molar-refractivity contribution is 0.00148. The topological polar surface area (TPSA) is 38.3 Å². The van der Waals surface area contributed by atoms with Crippen LogP contribution in [0.4, 0.5) is 10.5 Å². The van der Waals surface area contributed by atoms with E-state index in [0.29, 0.717) is 21.7 Å². The maximum absolute atomic E-state index is 12.2. The zero-order chi connectivity index (χ0) is 16.1. The second-order valence-electron chi connectivity index (χ2n) is 7.26. The molecule has 0 radical (unpaired) electrons. The van der Waals surface area contributed by atoms with Gasteiger partial charge in [0.15, 0.2) is 0 Å². The van der Waals surface area contributed by atoms with Crippen molar-refractivity contribution in [3.8, 4) is 0 Å². The summed E-state index contributed by atoms with van der Waals surface area (Å²) in [6.07, 6.45) is 2.86. The third-order valence-corrected chi connectivity index (χ3v) is 6.87. The average molecular weight is 342 g/mol. The average Bonchev–Trinajstić information content (AvgIpc) is 2.76. The number of ether oxygens (including phenoxy) is 1. The van der Waals surface area contributed by atoms with Crippen LogP contribution in [0.25, 0.3) is 0 Å². The van der Waals surface area contributed by atoms with Crippen LogP contribution in [0.1, 0.15) is 40.0 Å². The normalized spacial score (nSPS) is 32.0. The third-order valence-electron chi connectivity index (χ3n) is 6.13. The molecule has 2 fully saturated rings. The summed E-state index contributed by atoms with van der Waals surface area (Å²) in [5.74, 6) is 0.639. The molecule has 3 atom stereocenters. The standard InChI is InChI=1S/C17H21Cl2NO2/c1-16(2)10-6-7-17(16,3)14(8-10)22-15(21)20-11-4-5-12(18)13(19)9-11/h4-5,9-10,14H,6-8H2,1-3H3,(H,20,21)/t10-,14-,17-/m1/s1. The van der Waals surface area contributed by atoms with E-state index in [1.165, 1.54) is 6.42 Å². The van der Waals surface area contributed by atoms with Crippen LogP contribution in [0, 0.1) is 16.7 Å². The number of amides is 1. The molecule has 2 aliphatic rings. The van der Waals surface area contributed by atoms with E-state index in [2.05, 4.69) is 26.1 Å². The minimum Gasteiger partial charge on any atom is -0.445 e. The van der Waals surface area contributed by atoms with E-state index in [1.807, 2.05) is 0 Å². The number of hydrogen-bond acceptors (Lipinski definition) is 2. The van der Waals surface area contributed by atoms with Gasteiger partial charge in [0, 0.05) is 11.1 Å². The summed E-state index contributed by atoms with van der Waals surface area (Å²) in [6.45, 7) is 6.84. The second-order valence-corrected chi connectivity index (χ2v) is 8.07. The van der Waals surface area contributed by atoms with Crippen molar-refractivity contribution in [3.63, 3.8) is 0 Å². The molecule has 5 heteroatoms. The Morgan fingerprint density at radius 2 is 2.00 bits per heavy atom. The molecule has 120 valence electrons. The first-order chi connectivity index (χ1) is 10.2. The number of benzene rings is 1. The zero-order valence-electron chi connectivity index (χ0n) is 13.1. The van der Waals surface area contributed by atoms with E-state index >= 15 is 0 Å². The zero-order valence-corrected chi connectivity index (χ0v) is 14.6. The van der Waals surface area contributed by atoms with Gasteiger partial charge in [0.2, 0.25) is 0 Å². The molecule has 0 spiro atoms. The Kier molecular flexibility index (Phi) is 3.85. The summed E-state index contributed by atoms with van der Waals surface area (Å²) in [6, 6.07) is 4.99. The highest BCUT2D eigenvalue weighted by Gasteiger charge is 2.62. The molecule has 0 unspecified atom stereocenters. The van der Waals surface area contributed by atoms with E-state index < -0.39 is 6.09 Å². The molecule has 2 aliphatic carbocycles. The Morgan fingerprint density at radius 3 is 2.55 bits per heavy atom. The number of rotatable bonds is 2. The molecule has 0 aliphatic heterocycles. The molecule has 3 nitrogen and oxygen atoms in total. The van der Waals surface area contributed by atoms with Gasteiger partial charge in [-0.3, -0.25) is 5.32 Å². The van der Waals surface area contributed by atoms with Crippen LogP contribution < -0.4 is 5.32 Å². The molecule has 0 saturated heterocycles. The van der Waals surface area contributed by atoms with Crippen LogP contribution in [0.2, 0.25) is 10.0 Å². The van der Waals surface area contributed by atoms with E-state index in [0.717, 1.165) is 12.8 Å². The molecule has 2 saturated carbocycles. The Balaban J connectivity index is 1.67. The van der Waals surface area contributed by atoms with Crippen LogP contribution >= 0.6 is 23.2 Å². The molecule has 1 N–H and O–H groups in total. The van der Waals surface area contributed by atoms with Crippen LogP contribution in [0.15, 0.2) is 18.2 Å². The molecule has 1 aromatic rings. The fourth-order valence-electron chi connectivity index (χ4n) is 4.16. The summed E-state index contributed by atoms with van der Waals surface area (Å²) in [5, 5.41) is 3.61. The van der Waals surface area contributed by atoms with Gasteiger partial charge in [-0.25, -0.2) is 4.79 Å². The highest BCUT2D eigenvalue weighted by molar-refractivity contribution is 6.42. The molecule has 1 aromatic carbocycles. The van der Waals surface area contributed by atoms with Gasteiger partial charge < -0.3 is 4.74 Å². The fourth-order valence-corrected chi connectivity index (χ4v) is 4.46. The van der Waals surface area contributed by atoms with E-state index in [4.69, 9.17) is 27.9 Å². The van der Waals surface area contributed by atoms with Crippen molar-refractivity contribution in [1.82, 2.24) is 0 Å². The number of halogens is 2. The van der Waals surface area contributed by atoms with Crippen molar-refractivity contribution in [2.45, 2.75) is 46.1 Å². The minimum absolute atomic E-state index is 0.0241. The summed E-state index contributed by atoms with van der Waals surface area (Å²) >= 11 is 11.8. The van der Waals surface area contributed by atoms with Crippen molar-refractivity contribution in [1.29, 1.82) is 0 Å². The van der Waals surface area contributed by atoms with Gasteiger partial charge >= 0.3 is 6.09 Å². The van der Waals surface area contributed by atoms with Crippen molar-refractivity contribution in [3.05, 3.63) is 28.2 Å². The largest absolute Gasteiger partial charge is 0.445 e. The smallest absolute Gasteiger partial charge is 0.411 e. The number of nitrogens with one attached hydrogen (secondary N) is 1. The summed E-state index contributed by atoms with van der Waals surface area (Å²) < 4.78 is 5.73.